The maximum Gasteiger partial charge on any atom is 2.00 e. The Kier molecular flexibility index (Phi) is 22.4. The van der Waals surface area contributed by atoms with Gasteiger partial charge in [-0.3, -0.25) is 0 Å². The predicted octanol–water partition coefficient (Wildman–Crippen LogP) is 4.39. The summed E-state index contributed by atoms with van der Waals surface area (Å²) in [5, 5.41) is 10.2. The van der Waals surface area contributed by atoms with Crippen molar-refractivity contribution >= 4 is 33.3 Å². The quantitative estimate of drug-likeness (QED) is 0.195. The van der Waals surface area contributed by atoms with Crippen molar-refractivity contribution < 1.29 is 9.90 Å². The van der Waals surface area contributed by atoms with E-state index in [0.29, 0.717) is 0 Å². The fourth-order valence-corrected chi connectivity index (χ4v) is 2.34. The van der Waals surface area contributed by atoms with Crippen LogP contribution in [0.1, 0.15) is 96.8 Å². The maximum atomic E-state index is 10.2. The Morgan fingerprint density at radius 1 is 0.762 bits per heavy atom. The van der Waals surface area contributed by atoms with Gasteiger partial charge in [-0.25, -0.2) is 0 Å². The van der Waals surface area contributed by atoms with Crippen LogP contribution >= 0.6 is 0 Å². The number of hydrogen-bond donors (Lipinski definition) is 0. The van der Waals surface area contributed by atoms with Crippen LogP contribution in [-0.4, -0.2) is 33.3 Å². The zero-order chi connectivity index (χ0) is 14.9. The first-order chi connectivity index (χ1) is 9.77. The Bertz CT molecular complexity index is 239. The second-order valence-electron chi connectivity index (χ2n) is 5.71. The van der Waals surface area contributed by atoms with Crippen molar-refractivity contribution in [1.82, 2.24) is 0 Å². The van der Waals surface area contributed by atoms with E-state index < -0.39 is 5.97 Å². The minimum Gasteiger partial charge on any atom is -0.550 e. The van der Waals surface area contributed by atoms with E-state index in [4.69, 9.17) is 0 Å². The molecule has 0 aromatic heterocycles. The molecule has 0 amide bonds. The number of carboxylic acid groups (broad SMARTS) is 1. The van der Waals surface area contributed by atoms with Crippen molar-refractivity contribution in [3.8, 4) is 0 Å². The van der Waals surface area contributed by atoms with E-state index in [2.05, 4.69) is 19.1 Å². The molecule has 3 heteroatoms. The summed E-state index contributed by atoms with van der Waals surface area (Å²) in [6.45, 7) is 2.26. The van der Waals surface area contributed by atoms with Gasteiger partial charge in [-0.05, 0) is 38.5 Å². The van der Waals surface area contributed by atoms with Crippen LogP contribution in [0.2, 0.25) is 0 Å². The molecule has 0 aliphatic heterocycles. The van der Waals surface area contributed by atoms with Gasteiger partial charge in [0, 0.05) is 5.97 Å². The minimum atomic E-state index is -0.914. The van der Waals surface area contributed by atoms with Gasteiger partial charge in [0.2, 0.25) is 0 Å². The molecule has 0 saturated heterocycles. The SMILES string of the molecule is CCCCCCCC/C=C\CCCCCCCC(=O)[O-].[Pb+2]. The predicted molar refractivity (Wildman–Crippen MR) is 90.2 cm³/mol. The Hall–Kier alpha value is 0.132. The van der Waals surface area contributed by atoms with Gasteiger partial charge in [0.15, 0.2) is 0 Å². The maximum absolute atomic E-state index is 10.2. The van der Waals surface area contributed by atoms with E-state index in [9.17, 15) is 9.90 Å². The van der Waals surface area contributed by atoms with Crippen molar-refractivity contribution in [3.05, 3.63) is 12.2 Å². The third-order valence-corrected chi connectivity index (χ3v) is 3.64. The van der Waals surface area contributed by atoms with Gasteiger partial charge in [0.25, 0.3) is 0 Å². The number of hydrogen-bond acceptors (Lipinski definition) is 2. The third-order valence-electron chi connectivity index (χ3n) is 3.64. The summed E-state index contributed by atoms with van der Waals surface area (Å²) >= 11 is 0. The summed E-state index contributed by atoms with van der Waals surface area (Å²) in [7, 11) is 0. The van der Waals surface area contributed by atoms with Crippen molar-refractivity contribution in [1.29, 1.82) is 0 Å². The molecule has 0 atom stereocenters. The van der Waals surface area contributed by atoms with Crippen LogP contribution in [0.4, 0.5) is 0 Å². The van der Waals surface area contributed by atoms with Gasteiger partial charge in [-0.15, -0.1) is 0 Å². The molecule has 0 aliphatic carbocycles. The van der Waals surface area contributed by atoms with Gasteiger partial charge in [-0.1, -0.05) is 70.4 Å². The molecule has 0 N–H and O–H groups in total. The molecule has 0 aromatic carbocycles. The summed E-state index contributed by atoms with van der Waals surface area (Å²) in [6, 6.07) is 0. The van der Waals surface area contributed by atoms with Crippen molar-refractivity contribution in [2.75, 3.05) is 0 Å². The van der Waals surface area contributed by atoms with Crippen molar-refractivity contribution in [2.24, 2.45) is 0 Å². The molecule has 0 heterocycles. The van der Waals surface area contributed by atoms with E-state index in [1.807, 2.05) is 0 Å². The monoisotopic (exact) mass is 489 g/mol. The van der Waals surface area contributed by atoms with Crippen LogP contribution in [0.25, 0.3) is 0 Å². The minimum absolute atomic E-state index is 0. The molecule has 0 rings (SSSR count). The Balaban J connectivity index is 0. The second-order valence-corrected chi connectivity index (χ2v) is 5.71. The normalized spacial score (nSPS) is 10.7. The summed E-state index contributed by atoms with van der Waals surface area (Å²) < 4.78 is 0. The number of rotatable bonds is 15. The summed E-state index contributed by atoms with van der Waals surface area (Å²) in [5.41, 5.74) is 0. The third kappa shape index (κ3) is 22.6. The van der Waals surface area contributed by atoms with Crippen LogP contribution in [0, 0.1) is 0 Å². The number of aliphatic carboxylic acids is 1. The Morgan fingerprint density at radius 3 is 1.67 bits per heavy atom. The van der Waals surface area contributed by atoms with Crippen LogP contribution in [0.5, 0.6) is 0 Å². The molecule has 2 radical (unpaired) electrons. The molecular weight excluding hydrogens is 455 g/mol. The Labute approximate surface area is 151 Å². The standard InChI is InChI=1S/C18H34O2.Pb/c1-2-3-4-5-6-7-8-9-10-11-12-13-14-15-16-17-18(19)20;/h9-10H,2-8,11-17H2,1H3,(H,19,20);/q;+2/p-1/b10-9-;. The summed E-state index contributed by atoms with van der Waals surface area (Å²) in [5.74, 6) is -0.914. The van der Waals surface area contributed by atoms with Gasteiger partial charge in [0.05, 0.1) is 0 Å². The smallest absolute Gasteiger partial charge is 0.550 e. The van der Waals surface area contributed by atoms with Crippen LogP contribution in [0.15, 0.2) is 12.2 Å². The first-order valence-corrected chi connectivity index (χ1v) is 8.62. The summed E-state index contributed by atoms with van der Waals surface area (Å²) in [4.78, 5) is 10.2. The summed E-state index contributed by atoms with van der Waals surface area (Å²) in [6.07, 6.45) is 20.9. The van der Waals surface area contributed by atoms with Crippen LogP contribution in [0.3, 0.4) is 0 Å². The van der Waals surface area contributed by atoms with E-state index >= 15 is 0 Å². The molecule has 2 nitrogen and oxygen atoms in total. The Morgan fingerprint density at radius 2 is 1.19 bits per heavy atom. The number of carbonyl (C=O) groups is 1. The van der Waals surface area contributed by atoms with Crippen LogP contribution in [-0.2, 0) is 4.79 Å². The first-order valence-electron chi connectivity index (χ1n) is 8.62. The molecule has 0 spiro atoms. The largest absolute Gasteiger partial charge is 2.00 e. The second kappa shape index (κ2) is 20.1. The van der Waals surface area contributed by atoms with E-state index in [1.54, 1.807) is 0 Å². The van der Waals surface area contributed by atoms with Crippen LogP contribution < -0.4 is 5.11 Å². The number of carbonyl (C=O) groups excluding carboxylic acids is 1. The van der Waals surface area contributed by atoms with Gasteiger partial charge in [-0.2, -0.15) is 0 Å². The molecule has 0 unspecified atom stereocenters. The van der Waals surface area contributed by atoms with Crippen molar-refractivity contribution in [3.63, 3.8) is 0 Å². The van der Waals surface area contributed by atoms with Gasteiger partial charge < -0.3 is 9.90 Å². The molecule has 0 fully saturated rings. The van der Waals surface area contributed by atoms with Gasteiger partial charge in [0.1, 0.15) is 0 Å². The topological polar surface area (TPSA) is 40.1 Å². The fraction of sp³-hybridized carbons (Fsp3) is 0.833. The molecule has 21 heavy (non-hydrogen) atoms. The average Bonchev–Trinajstić information content (AvgIpc) is 2.43. The van der Waals surface area contributed by atoms with E-state index in [-0.39, 0.29) is 33.7 Å². The number of unbranched alkanes of at least 4 members (excludes halogenated alkanes) is 11. The number of allylic oxidation sites excluding steroid dienone is 2. The molecule has 120 valence electrons. The molecule has 0 bridgehead atoms. The fourth-order valence-electron chi connectivity index (χ4n) is 2.34. The molecular formula is C18H33O2Pb+. The number of carboxylic acids is 1. The van der Waals surface area contributed by atoms with Crippen molar-refractivity contribution in [2.45, 2.75) is 96.8 Å². The van der Waals surface area contributed by atoms with Gasteiger partial charge >= 0.3 is 27.3 Å². The molecule has 0 aromatic rings. The first kappa shape index (κ1) is 23.4. The zero-order valence-corrected chi connectivity index (χ0v) is 17.8. The van der Waals surface area contributed by atoms with E-state index in [0.717, 1.165) is 19.3 Å². The average molecular weight is 489 g/mol. The molecule has 0 saturated carbocycles. The molecule has 0 aliphatic rings. The zero-order valence-electron chi connectivity index (χ0n) is 13.9. The van der Waals surface area contributed by atoms with E-state index in [1.165, 1.54) is 64.2 Å².